The summed E-state index contributed by atoms with van der Waals surface area (Å²) < 4.78 is 1.08. The Morgan fingerprint density at radius 2 is 2.11 bits per heavy atom. The highest BCUT2D eigenvalue weighted by atomic mass is 32.1. The number of aryl methyl sites for hydroxylation is 2. The van der Waals surface area contributed by atoms with E-state index in [9.17, 15) is 4.79 Å². The van der Waals surface area contributed by atoms with Crippen molar-refractivity contribution in [1.29, 1.82) is 0 Å². The number of ketones is 1. The number of nitrogens with zero attached hydrogens (tertiary/aromatic N) is 1. The predicted octanol–water partition coefficient (Wildman–Crippen LogP) is 4.93. The number of hydrogen-bond acceptors (Lipinski definition) is 5. The van der Waals surface area contributed by atoms with Crippen molar-refractivity contribution in [2.75, 3.05) is 25.0 Å². The molecule has 0 radical (unpaired) electrons. The topological polar surface area (TPSA) is 54.0 Å². The molecule has 0 spiro atoms. The number of hydrogen-bond donors (Lipinski definition) is 2. The fraction of sp³-hybridized carbons (Fsp3) is 0.391. The summed E-state index contributed by atoms with van der Waals surface area (Å²) in [6.07, 6.45) is 2.75. The third kappa shape index (κ3) is 3.96. The molecule has 0 fully saturated rings. The largest absolute Gasteiger partial charge is 0.360 e. The zero-order valence-corrected chi connectivity index (χ0v) is 17.4. The SMILES string of the molecule is CCNCCNc1nc2c(C)cc(C(=O)C[C@H]3CCc4ccccc43)cc2s1. The molecule has 0 bridgehead atoms. The van der Waals surface area contributed by atoms with Crippen LogP contribution in [0.5, 0.6) is 0 Å². The van der Waals surface area contributed by atoms with Gasteiger partial charge in [-0.25, -0.2) is 4.98 Å². The summed E-state index contributed by atoms with van der Waals surface area (Å²) >= 11 is 1.63. The molecule has 28 heavy (non-hydrogen) atoms. The summed E-state index contributed by atoms with van der Waals surface area (Å²) in [6.45, 7) is 6.88. The van der Waals surface area contributed by atoms with Gasteiger partial charge in [-0.2, -0.15) is 0 Å². The summed E-state index contributed by atoms with van der Waals surface area (Å²) in [5, 5.41) is 7.59. The normalized spacial score (nSPS) is 15.7. The third-order valence-corrected chi connectivity index (χ3v) is 6.48. The van der Waals surface area contributed by atoms with Gasteiger partial charge in [0.1, 0.15) is 0 Å². The predicted molar refractivity (Wildman–Crippen MR) is 118 cm³/mol. The Kier molecular flexibility index (Phi) is 5.74. The van der Waals surface area contributed by atoms with Gasteiger partial charge in [0.2, 0.25) is 0 Å². The first-order chi connectivity index (χ1) is 13.7. The molecule has 0 saturated heterocycles. The van der Waals surface area contributed by atoms with Gasteiger partial charge in [0.15, 0.2) is 10.9 Å². The minimum atomic E-state index is 0.238. The molecular weight excluding hydrogens is 366 g/mol. The van der Waals surface area contributed by atoms with E-state index in [1.54, 1.807) is 11.3 Å². The monoisotopic (exact) mass is 393 g/mol. The number of carbonyl (C=O) groups excluding carboxylic acids is 1. The number of benzene rings is 2. The molecule has 146 valence electrons. The van der Waals surface area contributed by atoms with E-state index in [0.717, 1.165) is 59.0 Å². The van der Waals surface area contributed by atoms with E-state index in [1.807, 2.05) is 19.1 Å². The minimum absolute atomic E-state index is 0.238. The summed E-state index contributed by atoms with van der Waals surface area (Å²) in [5.74, 6) is 0.589. The molecule has 0 amide bonds. The van der Waals surface area contributed by atoms with Crippen molar-refractivity contribution < 1.29 is 4.79 Å². The Balaban J connectivity index is 1.50. The van der Waals surface area contributed by atoms with Crippen LogP contribution in [0.4, 0.5) is 5.13 Å². The quantitative estimate of drug-likeness (QED) is 0.421. The number of aromatic nitrogens is 1. The van der Waals surface area contributed by atoms with Crippen LogP contribution in [0.15, 0.2) is 36.4 Å². The first kappa shape index (κ1) is 19.1. The van der Waals surface area contributed by atoms with Crippen molar-refractivity contribution in [3.05, 3.63) is 58.7 Å². The van der Waals surface area contributed by atoms with E-state index in [4.69, 9.17) is 4.98 Å². The number of fused-ring (bicyclic) bond motifs is 2. The van der Waals surface area contributed by atoms with Gasteiger partial charge in [0, 0.05) is 25.1 Å². The first-order valence-corrected chi connectivity index (χ1v) is 10.9. The second kappa shape index (κ2) is 8.41. The van der Waals surface area contributed by atoms with Crippen LogP contribution < -0.4 is 10.6 Å². The van der Waals surface area contributed by atoms with E-state index in [2.05, 4.69) is 41.8 Å². The molecule has 5 heteroatoms. The smallest absolute Gasteiger partial charge is 0.183 e. The highest BCUT2D eigenvalue weighted by molar-refractivity contribution is 7.22. The van der Waals surface area contributed by atoms with Crippen molar-refractivity contribution in [2.45, 2.75) is 39.0 Å². The first-order valence-electron chi connectivity index (χ1n) is 10.1. The van der Waals surface area contributed by atoms with Crippen LogP contribution in [0.25, 0.3) is 10.2 Å². The molecule has 2 N–H and O–H groups in total. The van der Waals surface area contributed by atoms with Gasteiger partial charge in [-0.05, 0) is 61.1 Å². The van der Waals surface area contributed by atoms with Gasteiger partial charge in [0.25, 0.3) is 0 Å². The molecule has 3 aromatic rings. The van der Waals surface area contributed by atoms with E-state index in [1.165, 1.54) is 11.1 Å². The summed E-state index contributed by atoms with van der Waals surface area (Å²) in [5.41, 5.74) is 5.65. The second-order valence-electron chi connectivity index (χ2n) is 7.50. The van der Waals surface area contributed by atoms with Crippen molar-refractivity contribution >= 4 is 32.5 Å². The summed E-state index contributed by atoms with van der Waals surface area (Å²) in [7, 11) is 0. The number of thiazole rings is 1. The van der Waals surface area contributed by atoms with Gasteiger partial charge in [-0.1, -0.05) is 42.5 Å². The van der Waals surface area contributed by atoms with Gasteiger partial charge >= 0.3 is 0 Å². The average molecular weight is 394 g/mol. The highest BCUT2D eigenvalue weighted by Crippen LogP contribution is 2.37. The lowest BCUT2D eigenvalue weighted by Gasteiger charge is -2.11. The average Bonchev–Trinajstić information content (AvgIpc) is 3.30. The number of carbonyl (C=O) groups is 1. The number of likely N-dealkylation sites (N-methyl/N-ethyl adjacent to an activating group) is 1. The van der Waals surface area contributed by atoms with Gasteiger partial charge in [-0.3, -0.25) is 4.79 Å². The van der Waals surface area contributed by atoms with Crippen LogP contribution in [0.2, 0.25) is 0 Å². The zero-order chi connectivity index (χ0) is 19.5. The molecule has 4 rings (SSSR count). The van der Waals surface area contributed by atoms with E-state index in [-0.39, 0.29) is 5.78 Å². The lowest BCUT2D eigenvalue weighted by atomic mass is 9.92. The maximum Gasteiger partial charge on any atom is 0.183 e. The van der Waals surface area contributed by atoms with Crippen molar-refractivity contribution in [1.82, 2.24) is 10.3 Å². The molecule has 0 aliphatic heterocycles. The maximum absolute atomic E-state index is 13.0. The molecule has 1 aromatic heterocycles. The molecule has 1 aliphatic carbocycles. The summed E-state index contributed by atoms with van der Waals surface area (Å²) in [4.78, 5) is 17.7. The zero-order valence-electron chi connectivity index (χ0n) is 16.5. The van der Waals surface area contributed by atoms with Gasteiger partial charge in [0.05, 0.1) is 10.2 Å². The molecule has 2 aromatic carbocycles. The maximum atomic E-state index is 13.0. The van der Waals surface area contributed by atoms with Crippen molar-refractivity contribution in [2.24, 2.45) is 0 Å². The minimum Gasteiger partial charge on any atom is -0.360 e. The lowest BCUT2D eigenvalue weighted by molar-refractivity contribution is 0.0973. The number of Topliss-reactive ketones (excluding diaryl/α,β-unsaturated/α-hetero) is 1. The van der Waals surface area contributed by atoms with Crippen molar-refractivity contribution in [3.63, 3.8) is 0 Å². The molecule has 1 aliphatic rings. The van der Waals surface area contributed by atoms with E-state index < -0.39 is 0 Å². The number of anilines is 1. The fourth-order valence-corrected chi connectivity index (χ4v) is 5.08. The van der Waals surface area contributed by atoms with Crippen LogP contribution >= 0.6 is 11.3 Å². The number of rotatable bonds is 8. The van der Waals surface area contributed by atoms with Crippen LogP contribution in [0, 0.1) is 6.92 Å². The Hall–Kier alpha value is -2.24. The Labute approximate surface area is 170 Å². The Morgan fingerprint density at radius 1 is 1.25 bits per heavy atom. The van der Waals surface area contributed by atoms with E-state index in [0.29, 0.717) is 12.3 Å². The molecule has 0 saturated carbocycles. The van der Waals surface area contributed by atoms with Crippen LogP contribution in [0.3, 0.4) is 0 Å². The molecular formula is C23H27N3OS. The third-order valence-electron chi connectivity index (χ3n) is 5.52. The fourth-order valence-electron chi connectivity index (χ4n) is 4.07. The van der Waals surface area contributed by atoms with Crippen LogP contribution in [0.1, 0.15) is 52.7 Å². The molecule has 1 heterocycles. The van der Waals surface area contributed by atoms with Gasteiger partial charge < -0.3 is 10.6 Å². The second-order valence-corrected chi connectivity index (χ2v) is 8.53. The van der Waals surface area contributed by atoms with Crippen LogP contribution in [-0.2, 0) is 6.42 Å². The van der Waals surface area contributed by atoms with Gasteiger partial charge in [-0.15, -0.1) is 0 Å². The van der Waals surface area contributed by atoms with E-state index >= 15 is 0 Å². The van der Waals surface area contributed by atoms with Crippen LogP contribution in [-0.4, -0.2) is 30.4 Å². The Bertz CT molecular complexity index is 995. The molecule has 1 atom stereocenters. The molecule has 0 unspecified atom stereocenters. The molecule has 4 nitrogen and oxygen atoms in total. The summed E-state index contributed by atoms with van der Waals surface area (Å²) in [6, 6.07) is 12.6. The number of nitrogens with one attached hydrogen (secondary N) is 2. The van der Waals surface area contributed by atoms with Crippen molar-refractivity contribution in [3.8, 4) is 0 Å². The standard InChI is InChI=1S/C23H27N3OS/c1-3-24-10-11-25-23-26-22-15(2)12-18(14-21(22)28-23)20(27)13-17-9-8-16-6-4-5-7-19(16)17/h4-7,12,14,17,24H,3,8-11,13H2,1-2H3,(H,25,26)/t17-/m1/s1. The highest BCUT2D eigenvalue weighted by Gasteiger charge is 2.25. The Morgan fingerprint density at radius 3 is 2.96 bits per heavy atom. The lowest BCUT2D eigenvalue weighted by Crippen LogP contribution is -2.21.